The Morgan fingerprint density at radius 2 is 1.79 bits per heavy atom. The van der Waals surface area contributed by atoms with Gasteiger partial charge in [0, 0.05) is 29.9 Å². The van der Waals surface area contributed by atoms with Crippen molar-refractivity contribution in [3.05, 3.63) is 88.8 Å². The first-order valence-corrected chi connectivity index (χ1v) is 11.8. The number of hydrogen-bond donors (Lipinski definition) is 1. The second-order valence-electron chi connectivity index (χ2n) is 7.70. The molecule has 0 spiro atoms. The van der Waals surface area contributed by atoms with Crippen molar-refractivity contribution in [2.24, 2.45) is 0 Å². The zero-order chi connectivity index (χ0) is 23.4. The van der Waals surface area contributed by atoms with Crippen molar-refractivity contribution >= 4 is 17.7 Å². The number of carbonyl (C=O) groups is 1. The molecule has 0 atom stereocenters. The van der Waals surface area contributed by atoms with Crippen LogP contribution in [0.2, 0.25) is 0 Å². The number of rotatable bonds is 8. The molecule has 0 aliphatic heterocycles. The molecule has 0 fully saturated rings. The Bertz CT molecular complexity index is 1250. The molecule has 9 heteroatoms. The minimum Gasteiger partial charge on any atom is -0.352 e. The molecule has 1 amide bonds. The molecule has 33 heavy (non-hydrogen) atoms. The topological polar surface area (TPSA) is 77.6 Å². The van der Waals surface area contributed by atoms with Gasteiger partial charge in [-0.15, -0.1) is 10.2 Å². The summed E-state index contributed by atoms with van der Waals surface area (Å²) in [7, 11) is 0. The highest BCUT2D eigenvalue weighted by atomic mass is 32.2. The Morgan fingerprint density at radius 1 is 1.06 bits per heavy atom. The summed E-state index contributed by atoms with van der Waals surface area (Å²) >= 11 is 1.46. The third-order valence-corrected chi connectivity index (χ3v) is 5.88. The normalized spacial score (nSPS) is 11.0. The van der Waals surface area contributed by atoms with E-state index in [0.29, 0.717) is 36.1 Å². The highest BCUT2D eigenvalue weighted by molar-refractivity contribution is 7.98. The van der Waals surface area contributed by atoms with Crippen LogP contribution in [0.4, 0.5) is 4.39 Å². The van der Waals surface area contributed by atoms with Gasteiger partial charge in [-0.25, -0.2) is 4.39 Å². The molecule has 2 aromatic heterocycles. The van der Waals surface area contributed by atoms with E-state index in [9.17, 15) is 9.18 Å². The van der Waals surface area contributed by atoms with Crippen LogP contribution >= 0.6 is 11.8 Å². The third-order valence-electron chi connectivity index (χ3n) is 5.25. The van der Waals surface area contributed by atoms with Crippen LogP contribution < -0.4 is 5.32 Å². The van der Waals surface area contributed by atoms with Crippen LogP contribution in [0.25, 0.3) is 5.69 Å². The van der Waals surface area contributed by atoms with Crippen molar-refractivity contribution in [3.63, 3.8) is 0 Å². The summed E-state index contributed by atoms with van der Waals surface area (Å²) in [5.41, 5.74) is 4.55. The van der Waals surface area contributed by atoms with Crippen LogP contribution in [0.1, 0.15) is 33.1 Å². The number of nitrogens with one attached hydrogen (secondary N) is 1. The number of halogens is 1. The van der Waals surface area contributed by atoms with Crippen molar-refractivity contribution < 1.29 is 9.18 Å². The van der Waals surface area contributed by atoms with Gasteiger partial charge in [-0.2, -0.15) is 5.10 Å². The highest BCUT2D eigenvalue weighted by Gasteiger charge is 2.14. The van der Waals surface area contributed by atoms with Gasteiger partial charge in [0.2, 0.25) is 0 Å². The lowest BCUT2D eigenvalue weighted by atomic mass is 10.1. The Kier molecular flexibility index (Phi) is 6.88. The summed E-state index contributed by atoms with van der Waals surface area (Å²) in [5.74, 6) is 0.254. The van der Waals surface area contributed by atoms with Gasteiger partial charge < -0.3 is 5.32 Å². The minimum atomic E-state index is -0.299. The van der Waals surface area contributed by atoms with Crippen LogP contribution in [0.5, 0.6) is 0 Å². The molecule has 1 N–H and O–H groups in total. The van der Waals surface area contributed by atoms with Gasteiger partial charge in [-0.1, -0.05) is 23.9 Å². The van der Waals surface area contributed by atoms with Gasteiger partial charge >= 0.3 is 0 Å². The predicted octanol–water partition coefficient (Wildman–Crippen LogP) is 3.96. The number of carbonyl (C=O) groups excluding carboxylic acids is 1. The number of amides is 1. The molecule has 0 aliphatic rings. The van der Waals surface area contributed by atoms with E-state index < -0.39 is 0 Å². The van der Waals surface area contributed by atoms with E-state index in [1.807, 2.05) is 59.7 Å². The zero-order valence-electron chi connectivity index (χ0n) is 18.7. The third kappa shape index (κ3) is 5.31. The van der Waals surface area contributed by atoms with Gasteiger partial charge in [-0.3, -0.25) is 14.0 Å². The fourth-order valence-corrected chi connectivity index (χ4v) is 4.12. The van der Waals surface area contributed by atoms with E-state index in [2.05, 4.69) is 20.6 Å². The van der Waals surface area contributed by atoms with E-state index >= 15 is 0 Å². The van der Waals surface area contributed by atoms with Crippen molar-refractivity contribution in [1.82, 2.24) is 29.9 Å². The highest BCUT2D eigenvalue weighted by Crippen LogP contribution is 2.20. The van der Waals surface area contributed by atoms with Gasteiger partial charge in [0.25, 0.3) is 5.91 Å². The summed E-state index contributed by atoms with van der Waals surface area (Å²) in [6.45, 7) is 5.07. The lowest BCUT2D eigenvalue weighted by Gasteiger charge is -2.10. The fraction of sp³-hybridized carbons (Fsp3) is 0.250. The Hall–Kier alpha value is -3.46. The van der Waals surface area contributed by atoms with E-state index in [0.717, 1.165) is 22.6 Å². The zero-order valence-corrected chi connectivity index (χ0v) is 19.6. The number of aryl methyl sites for hydroxylation is 2. The average molecular weight is 465 g/mol. The Labute approximate surface area is 196 Å². The Morgan fingerprint density at radius 3 is 2.42 bits per heavy atom. The van der Waals surface area contributed by atoms with Crippen LogP contribution in [-0.2, 0) is 13.0 Å². The molecule has 0 bridgehead atoms. The maximum atomic E-state index is 13.3. The molecule has 4 aromatic rings. The number of nitrogens with zero attached hydrogens (tertiary/aromatic N) is 5. The minimum absolute atomic E-state index is 0.148. The van der Waals surface area contributed by atoms with Gasteiger partial charge in [-0.05, 0) is 68.1 Å². The summed E-state index contributed by atoms with van der Waals surface area (Å²) in [5, 5.41) is 16.6. The summed E-state index contributed by atoms with van der Waals surface area (Å²) in [6, 6.07) is 15.8. The molecule has 0 saturated heterocycles. The molecule has 0 unspecified atom stereocenters. The van der Waals surface area contributed by atoms with Crippen LogP contribution in [0.15, 0.2) is 59.8 Å². The molecule has 2 heterocycles. The molecule has 2 aromatic carbocycles. The van der Waals surface area contributed by atoms with Crippen LogP contribution in [-0.4, -0.2) is 43.3 Å². The van der Waals surface area contributed by atoms with Gasteiger partial charge in [0.05, 0.1) is 12.2 Å². The first kappa shape index (κ1) is 22.7. The van der Waals surface area contributed by atoms with Crippen molar-refractivity contribution in [2.45, 2.75) is 32.0 Å². The number of thioether (sulfide) groups is 1. The average Bonchev–Trinajstić information content (AvgIpc) is 3.36. The number of aromatic nitrogens is 5. The molecule has 4 rings (SSSR count). The smallest absolute Gasteiger partial charge is 0.251 e. The number of benzene rings is 2. The van der Waals surface area contributed by atoms with E-state index in [-0.39, 0.29) is 11.7 Å². The first-order valence-electron chi connectivity index (χ1n) is 10.6. The summed E-state index contributed by atoms with van der Waals surface area (Å²) in [4.78, 5) is 12.6. The standard InChI is InChI=1S/C24H25FN6OS/c1-16-14-17(2)30(29-16)15-18-4-6-19(7-5-18)23(32)26-13-12-22-27-28-24(33-3)31(22)21-10-8-20(25)9-11-21/h4-11,14H,12-13,15H2,1-3H3,(H,26,32). The maximum Gasteiger partial charge on any atom is 0.251 e. The van der Waals surface area contributed by atoms with Gasteiger partial charge in [0.15, 0.2) is 5.16 Å². The molecule has 7 nitrogen and oxygen atoms in total. The first-order chi connectivity index (χ1) is 15.9. The molecule has 0 saturated carbocycles. The van der Waals surface area contributed by atoms with Crippen LogP contribution in [0, 0.1) is 19.7 Å². The second-order valence-corrected chi connectivity index (χ2v) is 8.48. The predicted molar refractivity (Wildman–Crippen MR) is 126 cm³/mol. The van der Waals surface area contributed by atoms with E-state index in [4.69, 9.17) is 0 Å². The molecule has 0 radical (unpaired) electrons. The lowest BCUT2D eigenvalue weighted by Crippen LogP contribution is -2.26. The quantitative estimate of drug-likeness (QED) is 0.400. The maximum absolute atomic E-state index is 13.3. The molecule has 170 valence electrons. The molecule has 0 aliphatic carbocycles. The molecular formula is C24H25FN6OS. The van der Waals surface area contributed by atoms with Gasteiger partial charge in [0.1, 0.15) is 11.6 Å². The SMILES string of the molecule is CSc1nnc(CCNC(=O)c2ccc(Cn3nc(C)cc3C)cc2)n1-c1ccc(F)cc1. The monoisotopic (exact) mass is 464 g/mol. The Balaban J connectivity index is 1.37. The largest absolute Gasteiger partial charge is 0.352 e. The van der Waals surface area contributed by atoms with Crippen molar-refractivity contribution in [2.75, 3.05) is 12.8 Å². The van der Waals surface area contributed by atoms with E-state index in [1.54, 1.807) is 12.1 Å². The summed E-state index contributed by atoms with van der Waals surface area (Å²) in [6.07, 6.45) is 2.40. The number of hydrogen-bond acceptors (Lipinski definition) is 5. The second kappa shape index (κ2) is 9.99. The van der Waals surface area contributed by atoms with Crippen molar-refractivity contribution in [1.29, 1.82) is 0 Å². The fourth-order valence-electron chi connectivity index (χ4n) is 3.60. The lowest BCUT2D eigenvalue weighted by molar-refractivity contribution is 0.0954. The van der Waals surface area contributed by atoms with E-state index in [1.165, 1.54) is 23.9 Å². The summed E-state index contributed by atoms with van der Waals surface area (Å²) < 4.78 is 17.1. The molecular weight excluding hydrogens is 439 g/mol. The van der Waals surface area contributed by atoms with Crippen LogP contribution in [0.3, 0.4) is 0 Å². The van der Waals surface area contributed by atoms with Crippen molar-refractivity contribution in [3.8, 4) is 5.69 Å².